The summed E-state index contributed by atoms with van der Waals surface area (Å²) in [5.41, 5.74) is 4.65. The van der Waals surface area contributed by atoms with Crippen LogP contribution in [-0.4, -0.2) is 24.4 Å². The topological polar surface area (TPSA) is 32.3 Å². The zero-order valence-corrected chi connectivity index (χ0v) is 14.3. The van der Waals surface area contributed by atoms with E-state index < -0.39 is 0 Å². The molecule has 0 atom stereocenters. The van der Waals surface area contributed by atoms with Crippen LogP contribution in [0.5, 0.6) is 0 Å². The van der Waals surface area contributed by atoms with Gasteiger partial charge in [-0.2, -0.15) is 0 Å². The Morgan fingerprint density at radius 2 is 1.61 bits per heavy atom. The highest BCUT2D eigenvalue weighted by molar-refractivity contribution is 5.92. The van der Waals surface area contributed by atoms with Gasteiger partial charge in [-0.15, -0.1) is 0 Å². The van der Waals surface area contributed by atoms with Crippen molar-refractivity contribution in [3.05, 3.63) is 65.2 Å². The number of likely N-dealkylation sites (N-methyl/N-ethyl adjacent to an activating group) is 1. The molecule has 0 saturated carbocycles. The Hall–Kier alpha value is -2.13. The summed E-state index contributed by atoms with van der Waals surface area (Å²) in [4.78, 5) is 14.3. The molecule has 2 aromatic carbocycles. The number of rotatable bonds is 7. The van der Waals surface area contributed by atoms with Gasteiger partial charge in [-0.1, -0.05) is 56.3 Å². The first kappa shape index (κ1) is 17.2. The minimum atomic E-state index is 0.0265. The minimum absolute atomic E-state index is 0.0265. The zero-order chi connectivity index (χ0) is 16.7. The molecule has 0 aliphatic rings. The van der Waals surface area contributed by atoms with Crippen LogP contribution in [0.25, 0.3) is 0 Å². The van der Waals surface area contributed by atoms with Gasteiger partial charge in [0.15, 0.2) is 0 Å². The summed E-state index contributed by atoms with van der Waals surface area (Å²) in [6.45, 7) is 5.40. The van der Waals surface area contributed by atoms with Crippen LogP contribution in [0, 0.1) is 0 Å². The molecular weight excluding hydrogens is 284 g/mol. The summed E-state index contributed by atoms with van der Waals surface area (Å²) < 4.78 is 0. The van der Waals surface area contributed by atoms with E-state index in [1.165, 1.54) is 16.7 Å². The summed E-state index contributed by atoms with van der Waals surface area (Å²) >= 11 is 0. The molecule has 0 unspecified atom stereocenters. The Labute approximate surface area is 139 Å². The molecule has 0 bridgehead atoms. The van der Waals surface area contributed by atoms with Crippen LogP contribution in [0.1, 0.15) is 30.5 Å². The van der Waals surface area contributed by atoms with E-state index in [0.29, 0.717) is 6.54 Å². The molecule has 0 heterocycles. The van der Waals surface area contributed by atoms with Crippen LogP contribution in [0.4, 0.5) is 5.69 Å². The summed E-state index contributed by atoms with van der Waals surface area (Å²) in [5.74, 6) is 0.0265. The van der Waals surface area contributed by atoms with Crippen LogP contribution in [-0.2, 0) is 24.2 Å². The van der Waals surface area contributed by atoms with E-state index in [9.17, 15) is 4.79 Å². The molecular formula is C20H26N2O. The lowest BCUT2D eigenvalue weighted by Crippen LogP contribution is -2.30. The second kappa shape index (κ2) is 8.49. The molecule has 3 nitrogen and oxygen atoms in total. The summed E-state index contributed by atoms with van der Waals surface area (Å²) in [6.07, 6.45) is 1.96. The van der Waals surface area contributed by atoms with Crippen molar-refractivity contribution in [2.24, 2.45) is 0 Å². The second-order valence-electron chi connectivity index (χ2n) is 5.90. The lowest BCUT2D eigenvalue weighted by atomic mass is 10.1. The molecule has 122 valence electrons. The molecule has 0 radical (unpaired) electrons. The van der Waals surface area contributed by atoms with Gasteiger partial charge in [-0.3, -0.25) is 9.69 Å². The highest BCUT2D eigenvalue weighted by Gasteiger charge is 2.09. The van der Waals surface area contributed by atoms with Gasteiger partial charge < -0.3 is 5.32 Å². The Balaban J connectivity index is 1.88. The third-order valence-electron chi connectivity index (χ3n) is 3.97. The summed E-state index contributed by atoms with van der Waals surface area (Å²) in [6, 6.07) is 16.5. The third kappa shape index (κ3) is 5.22. The molecule has 23 heavy (non-hydrogen) atoms. The standard InChI is InChI=1S/C20H26N2O/c1-4-16-10-12-17(13-11-16)14-22(3)15-20(23)21-19-9-7-6-8-18(19)5-2/h6-13H,4-5,14-15H2,1-3H3,(H,21,23). The van der Waals surface area contributed by atoms with Gasteiger partial charge in [0.05, 0.1) is 6.54 Å². The van der Waals surface area contributed by atoms with Crippen LogP contribution in [0.15, 0.2) is 48.5 Å². The largest absolute Gasteiger partial charge is 0.325 e. The number of hydrogen-bond donors (Lipinski definition) is 1. The van der Waals surface area contributed by atoms with Gasteiger partial charge >= 0.3 is 0 Å². The molecule has 0 aliphatic heterocycles. The highest BCUT2D eigenvalue weighted by atomic mass is 16.2. The number of para-hydroxylation sites is 1. The average molecular weight is 310 g/mol. The Kier molecular flexibility index (Phi) is 6.36. The van der Waals surface area contributed by atoms with E-state index in [2.05, 4.69) is 49.5 Å². The number of carbonyl (C=O) groups excluding carboxylic acids is 1. The first-order valence-corrected chi connectivity index (χ1v) is 8.26. The maximum absolute atomic E-state index is 12.2. The maximum atomic E-state index is 12.2. The van der Waals surface area contributed by atoms with E-state index >= 15 is 0 Å². The number of amides is 1. The molecule has 2 rings (SSSR count). The third-order valence-corrected chi connectivity index (χ3v) is 3.97. The van der Waals surface area contributed by atoms with Crippen LogP contribution in [0.3, 0.4) is 0 Å². The van der Waals surface area contributed by atoms with E-state index in [0.717, 1.165) is 25.1 Å². The monoisotopic (exact) mass is 310 g/mol. The van der Waals surface area contributed by atoms with Gasteiger partial charge in [0.2, 0.25) is 5.91 Å². The summed E-state index contributed by atoms with van der Waals surface area (Å²) in [5, 5.41) is 3.02. The van der Waals surface area contributed by atoms with E-state index in [1.807, 2.05) is 30.1 Å². The zero-order valence-electron chi connectivity index (χ0n) is 14.3. The quantitative estimate of drug-likeness (QED) is 0.841. The lowest BCUT2D eigenvalue weighted by molar-refractivity contribution is -0.117. The van der Waals surface area contributed by atoms with E-state index in [-0.39, 0.29) is 5.91 Å². The number of carbonyl (C=O) groups is 1. The van der Waals surface area contributed by atoms with Crippen molar-refractivity contribution in [2.45, 2.75) is 33.2 Å². The van der Waals surface area contributed by atoms with Crippen molar-refractivity contribution in [1.82, 2.24) is 4.90 Å². The van der Waals surface area contributed by atoms with Crippen LogP contribution >= 0.6 is 0 Å². The fraction of sp³-hybridized carbons (Fsp3) is 0.350. The fourth-order valence-corrected chi connectivity index (χ4v) is 2.63. The van der Waals surface area contributed by atoms with Crippen molar-refractivity contribution in [3.8, 4) is 0 Å². The highest BCUT2D eigenvalue weighted by Crippen LogP contribution is 2.15. The first-order valence-electron chi connectivity index (χ1n) is 8.26. The van der Waals surface area contributed by atoms with Crippen molar-refractivity contribution >= 4 is 11.6 Å². The second-order valence-corrected chi connectivity index (χ2v) is 5.90. The smallest absolute Gasteiger partial charge is 0.238 e. The molecule has 2 aromatic rings. The molecule has 0 saturated heterocycles. The van der Waals surface area contributed by atoms with Crippen molar-refractivity contribution in [2.75, 3.05) is 18.9 Å². The molecule has 1 N–H and O–H groups in total. The average Bonchev–Trinajstić information content (AvgIpc) is 2.55. The molecule has 3 heteroatoms. The first-order chi connectivity index (χ1) is 11.1. The number of nitrogens with zero attached hydrogens (tertiary/aromatic N) is 1. The van der Waals surface area contributed by atoms with E-state index in [4.69, 9.17) is 0 Å². The lowest BCUT2D eigenvalue weighted by Gasteiger charge is -2.17. The van der Waals surface area contributed by atoms with E-state index in [1.54, 1.807) is 0 Å². The Bertz CT molecular complexity index is 634. The number of anilines is 1. The van der Waals surface area contributed by atoms with Gasteiger partial charge in [0.1, 0.15) is 0 Å². The van der Waals surface area contributed by atoms with Gasteiger partial charge in [0.25, 0.3) is 0 Å². The normalized spacial score (nSPS) is 10.8. The van der Waals surface area contributed by atoms with Crippen LogP contribution in [0.2, 0.25) is 0 Å². The number of nitrogens with one attached hydrogen (secondary N) is 1. The Morgan fingerprint density at radius 3 is 2.26 bits per heavy atom. The van der Waals surface area contributed by atoms with Gasteiger partial charge in [-0.25, -0.2) is 0 Å². The molecule has 0 spiro atoms. The predicted molar refractivity (Wildman–Crippen MR) is 96.6 cm³/mol. The number of benzene rings is 2. The van der Waals surface area contributed by atoms with Crippen molar-refractivity contribution in [1.29, 1.82) is 0 Å². The molecule has 1 amide bonds. The van der Waals surface area contributed by atoms with Crippen molar-refractivity contribution < 1.29 is 4.79 Å². The number of aryl methyl sites for hydroxylation is 2. The van der Waals surface area contributed by atoms with Gasteiger partial charge in [-0.05, 0) is 42.6 Å². The minimum Gasteiger partial charge on any atom is -0.325 e. The SMILES string of the molecule is CCc1ccc(CN(C)CC(=O)Nc2ccccc2CC)cc1. The Morgan fingerprint density at radius 1 is 0.957 bits per heavy atom. The fourth-order valence-electron chi connectivity index (χ4n) is 2.63. The molecule has 0 fully saturated rings. The van der Waals surface area contributed by atoms with Gasteiger partial charge in [0, 0.05) is 12.2 Å². The number of hydrogen-bond acceptors (Lipinski definition) is 2. The maximum Gasteiger partial charge on any atom is 0.238 e. The predicted octanol–water partition coefficient (Wildman–Crippen LogP) is 3.88. The van der Waals surface area contributed by atoms with Crippen molar-refractivity contribution in [3.63, 3.8) is 0 Å². The summed E-state index contributed by atoms with van der Waals surface area (Å²) in [7, 11) is 1.97. The molecule has 0 aliphatic carbocycles. The van der Waals surface area contributed by atoms with Crippen LogP contribution < -0.4 is 5.32 Å². The molecule has 0 aromatic heterocycles.